The molecule has 2 aromatic rings. The Morgan fingerprint density at radius 2 is 1.79 bits per heavy atom. The zero-order chi connectivity index (χ0) is 20.0. The minimum Gasteiger partial charge on any atom is -0.457 e. The van der Waals surface area contributed by atoms with E-state index in [1.165, 1.54) is 4.31 Å². The number of carbonyl (C=O) groups is 1. The number of sulfonamides is 1. The number of para-hydroxylation sites is 1. The quantitative estimate of drug-likeness (QED) is 0.735. The summed E-state index contributed by atoms with van der Waals surface area (Å²) in [4.78, 5) is 12.5. The van der Waals surface area contributed by atoms with Gasteiger partial charge in [-0.1, -0.05) is 37.3 Å². The molecule has 1 fully saturated rings. The molecule has 0 spiro atoms. The Bertz CT molecular complexity index is 882. The fourth-order valence-corrected chi connectivity index (χ4v) is 5.06. The van der Waals surface area contributed by atoms with Crippen LogP contribution in [-0.4, -0.2) is 37.0 Å². The number of rotatable bonds is 8. The molecule has 7 heteroatoms. The molecule has 0 aliphatic carbocycles. The number of nitrogens with one attached hydrogen (secondary N) is 1. The van der Waals surface area contributed by atoms with Crippen LogP contribution in [-0.2, 0) is 21.4 Å². The van der Waals surface area contributed by atoms with Gasteiger partial charge in [0, 0.05) is 13.1 Å². The molecule has 6 nitrogen and oxygen atoms in total. The van der Waals surface area contributed by atoms with Gasteiger partial charge in [-0.25, -0.2) is 8.42 Å². The van der Waals surface area contributed by atoms with E-state index < -0.39 is 16.1 Å². The van der Waals surface area contributed by atoms with Crippen LogP contribution < -0.4 is 10.1 Å². The molecular weight excluding hydrogens is 376 g/mol. The lowest BCUT2D eigenvalue weighted by molar-refractivity contribution is -0.124. The van der Waals surface area contributed by atoms with Crippen molar-refractivity contribution in [2.75, 3.05) is 12.3 Å². The van der Waals surface area contributed by atoms with Crippen molar-refractivity contribution in [1.82, 2.24) is 9.62 Å². The van der Waals surface area contributed by atoms with Crippen LogP contribution >= 0.6 is 0 Å². The fourth-order valence-electron chi connectivity index (χ4n) is 3.32. The maximum Gasteiger partial charge on any atom is 0.238 e. The number of amides is 1. The maximum atomic E-state index is 12.5. The van der Waals surface area contributed by atoms with Crippen molar-refractivity contribution in [3.63, 3.8) is 0 Å². The molecule has 1 aliphatic rings. The highest BCUT2D eigenvalue weighted by Crippen LogP contribution is 2.23. The molecule has 0 saturated carbocycles. The third-order valence-corrected chi connectivity index (χ3v) is 6.77. The van der Waals surface area contributed by atoms with E-state index in [-0.39, 0.29) is 11.7 Å². The molecule has 0 radical (unpaired) electrons. The highest BCUT2D eigenvalue weighted by Gasteiger charge is 2.37. The van der Waals surface area contributed by atoms with Crippen LogP contribution in [0.2, 0.25) is 0 Å². The van der Waals surface area contributed by atoms with Crippen molar-refractivity contribution in [3.05, 3.63) is 60.2 Å². The van der Waals surface area contributed by atoms with Crippen molar-refractivity contribution in [2.24, 2.45) is 0 Å². The predicted octanol–water partition coefficient (Wildman–Crippen LogP) is 3.30. The van der Waals surface area contributed by atoms with E-state index in [0.717, 1.165) is 11.3 Å². The molecular formula is C21H26N2O4S. The lowest BCUT2D eigenvalue weighted by Gasteiger charge is -2.23. The van der Waals surface area contributed by atoms with E-state index in [2.05, 4.69) is 5.32 Å². The van der Waals surface area contributed by atoms with E-state index in [1.807, 2.05) is 61.5 Å². The van der Waals surface area contributed by atoms with E-state index in [1.54, 1.807) is 0 Å². The predicted molar refractivity (Wildman–Crippen MR) is 109 cm³/mol. The van der Waals surface area contributed by atoms with Gasteiger partial charge in [-0.2, -0.15) is 4.31 Å². The van der Waals surface area contributed by atoms with Crippen molar-refractivity contribution in [1.29, 1.82) is 0 Å². The number of ether oxygens (including phenoxy) is 1. The third-order valence-electron chi connectivity index (χ3n) is 4.69. The lowest BCUT2D eigenvalue weighted by Crippen LogP contribution is -2.46. The fraction of sp³-hybridized carbons (Fsp3) is 0.381. The molecule has 2 aromatic carbocycles. The Labute approximate surface area is 166 Å². The second-order valence-electron chi connectivity index (χ2n) is 6.86. The topological polar surface area (TPSA) is 75.7 Å². The molecule has 1 atom stereocenters. The number of hydrogen-bond acceptors (Lipinski definition) is 4. The molecule has 0 bridgehead atoms. The first-order valence-corrected chi connectivity index (χ1v) is 11.2. The average molecular weight is 403 g/mol. The van der Waals surface area contributed by atoms with Crippen LogP contribution in [0.15, 0.2) is 54.6 Å². The summed E-state index contributed by atoms with van der Waals surface area (Å²) >= 11 is 0. The summed E-state index contributed by atoms with van der Waals surface area (Å²) in [6.45, 7) is 2.60. The normalized spacial score (nSPS) is 17.4. The smallest absolute Gasteiger partial charge is 0.238 e. The average Bonchev–Trinajstić information content (AvgIpc) is 3.19. The largest absolute Gasteiger partial charge is 0.457 e. The van der Waals surface area contributed by atoms with Crippen molar-refractivity contribution in [3.8, 4) is 11.5 Å². The summed E-state index contributed by atoms with van der Waals surface area (Å²) in [6.07, 6.45) is 1.83. The van der Waals surface area contributed by atoms with Gasteiger partial charge in [0.15, 0.2) is 0 Å². The first kappa shape index (κ1) is 20.4. The number of nitrogens with zero attached hydrogens (tertiary/aromatic N) is 1. The Balaban J connectivity index is 1.55. The zero-order valence-electron chi connectivity index (χ0n) is 16.0. The van der Waals surface area contributed by atoms with Gasteiger partial charge in [0.05, 0.1) is 5.75 Å². The van der Waals surface area contributed by atoms with Gasteiger partial charge in [0.1, 0.15) is 17.5 Å². The molecule has 1 aliphatic heterocycles. The Hall–Kier alpha value is -2.38. The summed E-state index contributed by atoms with van der Waals surface area (Å²) in [6, 6.07) is 16.4. The molecule has 1 saturated heterocycles. The summed E-state index contributed by atoms with van der Waals surface area (Å²) < 4.78 is 31.8. The Morgan fingerprint density at radius 1 is 1.11 bits per heavy atom. The van der Waals surface area contributed by atoms with Gasteiger partial charge in [0.25, 0.3) is 0 Å². The Morgan fingerprint density at radius 3 is 2.46 bits per heavy atom. The minimum absolute atomic E-state index is 0.0830. The van der Waals surface area contributed by atoms with E-state index in [4.69, 9.17) is 4.74 Å². The first-order chi connectivity index (χ1) is 13.5. The van der Waals surface area contributed by atoms with Gasteiger partial charge in [-0.05, 0) is 49.1 Å². The molecule has 0 aromatic heterocycles. The summed E-state index contributed by atoms with van der Waals surface area (Å²) in [7, 11) is -3.37. The lowest BCUT2D eigenvalue weighted by atomic mass is 10.2. The standard InChI is InChI=1S/C21H26N2O4S/c1-2-15-28(25,26)23-14-6-9-20(23)21(24)22-16-17-10-12-19(13-11-17)27-18-7-4-3-5-8-18/h3-5,7-8,10-13,20H,2,6,9,14-16H2,1H3,(H,22,24). The first-order valence-electron chi connectivity index (χ1n) is 9.58. The summed E-state index contributed by atoms with van der Waals surface area (Å²) in [5, 5.41) is 2.87. The maximum absolute atomic E-state index is 12.5. The van der Waals surface area contributed by atoms with Gasteiger partial charge in [-0.15, -0.1) is 0 Å². The van der Waals surface area contributed by atoms with Crippen LogP contribution in [0.5, 0.6) is 11.5 Å². The second kappa shape index (κ2) is 9.21. The monoisotopic (exact) mass is 402 g/mol. The van der Waals surface area contributed by atoms with Crippen LogP contribution in [0.1, 0.15) is 31.7 Å². The Kier molecular flexibility index (Phi) is 6.70. The molecule has 3 rings (SSSR count). The van der Waals surface area contributed by atoms with E-state index >= 15 is 0 Å². The number of carbonyl (C=O) groups excluding carboxylic acids is 1. The molecule has 1 amide bonds. The van der Waals surface area contributed by atoms with Gasteiger partial charge in [-0.3, -0.25) is 4.79 Å². The van der Waals surface area contributed by atoms with Crippen molar-refractivity contribution >= 4 is 15.9 Å². The molecule has 150 valence electrons. The highest BCUT2D eigenvalue weighted by atomic mass is 32.2. The van der Waals surface area contributed by atoms with Gasteiger partial charge >= 0.3 is 0 Å². The van der Waals surface area contributed by atoms with E-state index in [0.29, 0.717) is 38.1 Å². The number of hydrogen-bond donors (Lipinski definition) is 1. The summed E-state index contributed by atoms with van der Waals surface area (Å²) in [5.74, 6) is 1.33. The summed E-state index contributed by atoms with van der Waals surface area (Å²) in [5.41, 5.74) is 0.926. The second-order valence-corrected chi connectivity index (χ2v) is 8.90. The highest BCUT2D eigenvalue weighted by molar-refractivity contribution is 7.89. The third kappa shape index (κ3) is 5.11. The number of benzene rings is 2. The van der Waals surface area contributed by atoms with Crippen LogP contribution in [0, 0.1) is 0 Å². The van der Waals surface area contributed by atoms with Crippen molar-refractivity contribution in [2.45, 2.75) is 38.8 Å². The van der Waals surface area contributed by atoms with Crippen molar-refractivity contribution < 1.29 is 17.9 Å². The van der Waals surface area contributed by atoms with Gasteiger partial charge in [0.2, 0.25) is 15.9 Å². The minimum atomic E-state index is -3.37. The molecule has 1 heterocycles. The van der Waals surface area contributed by atoms with Gasteiger partial charge < -0.3 is 10.1 Å². The molecule has 1 unspecified atom stereocenters. The van der Waals surface area contributed by atoms with Crippen LogP contribution in [0.4, 0.5) is 0 Å². The van der Waals surface area contributed by atoms with Crippen LogP contribution in [0.3, 0.4) is 0 Å². The van der Waals surface area contributed by atoms with Crippen LogP contribution in [0.25, 0.3) is 0 Å². The molecule has 1 N–H and O–H groups in total. The van der Waals surface area contributed by atoms with E-state index in [9.17, 15) is 13.2 Å². The SMILES string of the molecule is CCCS(=O)(=O)N1CCCC1C(=O)NCc1ccc(Oc2ccccc2)cc1. The zero-order valence-corrected chi connectivity index (χ0v) is 16.8. The molecule has 28 heavy (non-hydrogen) atoms.